The molecule has 8 nitrogen and oxygen atoms in total. The molecule has 0 radical (unpaired) electrons. The Labute approximate surface area is 226 Å². The van der Waals surface area contributed by atoms with E-state index in [2.05, 4.69) is 37.8 Å². The molecule has 2 N–H and O–H groups in total. The van der Waals surface area contributed by atoms with E-state index in [0.29, 0.717) is 18.2 Å². The molecule has 1 saturated heterocycles. The lowest BCUT2D eigenvalue weighted by Gasteiger charge is -2.37. The number of amides is 1. The van der Waals surface area contributed by atoms with E-state index < -0.39 is 0 Å². The molecule has 1 amide bonds. The van der Waals surface area contributed by atoms with Gasteiger partial charge in [-0.25, -0.2) is 5.01 Å². The molecule has 2 fully saturated rings. The zero-order valence-corrected chi connectivity index (χ0v) is 22.7. The van der Waals surface area contributed by atoms with Gasteiger partial charge in [0.25, 0.3) is 5.91 Å². The van der Waals surface area contributed by atoms with Crippen molar-refractivity contribution in [1.82, 2.24) is 20.7 Å². The molecule has 0 unspecified atom stereocenters. The lowest BCUT2D eigenvalue weighted by atomic mass is 10.0. The third-order valence-corrected chi connectivity index (χ3v) is 7.83. The number of hydrogen-bond acceptors (Lipinski definition) is 5. The molecule has 1 aliphatic carbocycles. The number of benzene rings is 2. The Morgan fingerprint density at radius 3 is 2.39 bits per heavy atom. The van der Waals surface area contributed by atoms with Crippen molar-refractivity contribution in [3.05, 3.63) is 65.4 Å². The van der Waals surface area contributed by atoms with Crippen molar-refractivity contribution >= 4 is 23.6 Å². The number of carbonyl (C=O) groups is 1. The van der Waals surface area contributed by atoms with Gasteiger partial charge >= 0.3 is 0 Å². The first-order chi connectivity index (χ1) is 18.6. The van der Waals surface area contributed by atoms with Crippen LogP contribution in [0.5, 0.6) is 5.75 Å². The van der Waals surface area contributed by atoms with Crippen LogP contribution < -0.4 is 20.4 Å². The minimum absolute atomic E-state index is 0.0100. The fourth-order valence-electron chi connectivity index (χ4n) is 5.52. The van der Waals surface area contributed by atoms with E-state index in [-0.39, 0.29) is 5.91 Å². The monoisotopic (exact) mass is 516 g/mol. The summed E-state index contributed by atoms with van der Waals surface area (Å²) in [5.74, 6) is 1.71. The number of methoxy groups -OCH3 is 1. The Morgan fingerprint density at radius 2 is 1.71 bits per heavy atom. The average molecular weight is 517 g/mol. The largest absolute Gasteiger partial charge is 0.497 e. The quantitative estimate of drug-likeness (QED) is 0.352. The summed E-state index contributed by atoms with van der Waals surface area (Å²) in [6, 6.07) is 14.5. The molecule has 2 aromatic rings. The smallest absolute Gasteiger partial charge is 0.258 e. The Hall–Kier alpha value is -3.52. The number of nitrogens with one attached hydrogen (secondary N) is 2. The lowest BCUT2D eigenvalue weighted by molar-refractivity contribution is 0.0813. The maximum Gasteiger partial charge on any atom is 0.258 e. The van der Waals surface area contributed by atoms with Gasteiger partial charge in [0.2, 0.25) is 5.96 Å². The Balaban J connectivity index is 1.12. The number of fused-ring (bicyclic) bond motifs is 1. The summed E-state index contributed by atoms with van der Waals surface area (Å²) in [5, 5.41) is 5.87. The van der Waals surface area contributed by atoms with E-state index in [1.165, 1.54) is 38.5 Å². The van der Waals surface area contributed by atoms with E-state index in [9.17, 15) is 4.79 Å². The number of aliphatic imine (C=N–C) groups is 1. The van der Waals surface area contributed by atoms with Crippen LogP contribution >= 0.6 is 0 Å². The van der Waals surface area contributed by atoms with Crippen LogP contribution in [-0.4, -0.2) is 68.2 Å². The Kier molecular flexibility index (Phi) is 8.48. The lowest BCUT2D eigenvalue weighted by Crippen LogP contribution is -2.57. The first-order valence-corrected chi connectivity index (χ1v) is 13.9. The molecule has 0 bridgehead atoms. The van der Waals surface area contributed by atoms with E-state index >= 15 is 0 Å². The van der Waals surface area contributed by atoms with Gasteiger partial charge in [0.05, 0.1) is 13.7 Å². The topological polar surface area (TPSA) is 72.4 Å². The molecule has 38 heavy (non-hydrogen) atoms. The van der Waals surface area contributed by atoms with Gasteiger partial charge in [0.1, 0.15) is 5.75 Å². The van der Waals surface area contributed by atoms with Gasteiger partial charge in [0.15, 0.2) is 0 Å². The summed E-state index contributed by atoms with van der Waals surface area (Å²) in [6.45, 7) is 4.18. The minimum atomic E-state index is 0.0100. The van der Waals surface area contributed by atoms with Gasteiger partial charge in [-0.15, -0.1) is 0 Å². The molecular formula is C30H40N6O2. The number of carbonyl (C=O) groups excluding carboxylic acids is 1. The molecule has 0 atom stereocenters. The minimum Gasteiger partial charge on any atom is -0.497 e. The number of hydrazine groups is 1. The number of piperazine rings is 1. The van der Waals surface area contributed by atoms with Gasteiger partial charge in [-0.1, -0.05) is 31.7 Å². The highest BCUT2D eigenvalue weighted by Gasteiger charge is 2.22. The SMILES string of the molecule is CN=C(NC1CCCCCC1)NN1CCN(c2ccc(C(=O)N3C=Cc4cc(OC)ccc4C3)cc2)CC1. The van der Waals surface area contributed by atoms with Gasteiger partial charge in [-0.3, -0.25) is 15.2 Å². The van der Waals surface area contributed by atoms with Crippen LogP contribution in [0.15, 0.2) is 53.7 Å². The van der Waals surface area contributed by atoms with Crippen molar-refractivity contribution in [1.29, 1.82) is 0 Å². The summed E-state index contributed by atoms with van der Waals surface area (Å²) < 4.78 is 5.31. The highest BCUT2D eigenvalue weighted by molar-refractivity contribution is 5.96. The Bertz CT molecular complexity index is 1150. The van der Waals surface area contributed by atoms with Crippen LogP contribution in [0.25, 0.3) is 6.08 Å². The van der Waals surface area contributed by atoms with Crippen molar-refractivity contribution in [2.24, 2.45) is 4.99 Å². The molecule has 0 aromatic heterocycles. The van der Waals surface area contributed by atoms with Crippen LogP contribution in [0.3, 0.4) is 0 Å². The van der Waals surface area contributed by atoms with Crippen LogP contribution in [0, 0.1) is 0 Å². The third kappa shape index (κ3) is 6.30. The van der Waals surface area contributed by atoms with Crippen LogP contribution in [0.2, 0.25) is 0 Å². The average Bonchev–Trinajstić information content (AvgIpc) is 3.25. The number of ether oxygens (including phenoxy) is 1. The van der Waals surface area contributed by atoms with Crippen LogP contribution in [0.4, 0.5) is 5.69 Å². The van der Waals surface area contributed by atoms with Gasteiger partial charge in [-0.2, -0.15) is 0 Å². The third-order valence-electron chi connectivity index (χ3n) is 7.83. The summed E-state index contributed by atoms with van der Waals surface area (Å²) >= 11 is 0. The highest BCUT2D eigenvalue weighted by atomic mass is 16.5. The number of hydrogen-bond donors (Lipinski definition) is 2. The molecule has 8 heteroatoms. The number of guanidine groups is 1. The van der Waals surface area contributed by atoms with Crippen molar-refractivity contribution in [3.8, 4) is 5.75 Å². The molecule has 202 valence electrons. The first-order valence-electron chi connectivity index (χ1n) is 13.9. The van der Waals surface area contributed by atoms with E-state index in [1.807, 2.05) is 49.7 Å². The number of rotatable bonds is 5. The van der Waals surface area contributed by atoms with Crippen molar-refractivity contribution < 1.29 is 9.53 Å². The second-order valence-corrected chi connectivity index (χ2v) is 10.4. The predicted octanol–water partition coefficient (Wildman–Crippen LogP) is 4.25. The number of nitrogens with zero attached hydrogens (tertiary/aromatic N) is 4. The van der Waals surface area contributed by atoms with Crippen molar-refractivity contribution in [2.75, 3.05) is 45.2 Å². The second-order valence-electron chi connectivity index (χ2n) is 10.4. The fourth-order valence-corrected chi connectivity index (χ4v) is 5.52. The zero-order valence-electron chi connectivity index (χ0n) is 22.7. The maximum atomic E-state index is 13.2. The molecular weight excluding hydrogens is 476 g/mol. The van der Waals surface area contributed by atoms with Crippen LogP contribution in [0.1, 0.15) is 60.0 Å². The fraction of sp³-hybridized carbons (Fsp3) is 0.467. The normalized spacial score (nSPS) is 19.1. The Morgan fingerprint density at radius 1 is 0.974 bits per heavy atom. The van der Waals surface area contributed by atoms with Crippen LogP contribution in [-0.2, 0) is 6.54 Å². The highest BCUT2D eigenvalue weighted by Crippen LogP contribution is 2.26. The summed E-state index contributed by atoms with van der Waals surface area (Å²) in [4.78, 5) is 21.8. The second kappa shape index (κ2) is 12.3. The van der Waals surface area contributed by atoms with E-state index in [4.69, 9.17) is 4.74 Å². The molecule has 0 spiro atoms. The van der Waals surface area contributed by atoms with Crippen molar-refractivity contribution in [3.63, 3.8) is 0 Å². The number of anilines is 1. The van der Waals surface area contributed by atoms with Gasteiger partial charge in [-0.05, 0) is 66.4 Å². The first kappa shape index (κ1) is 26.1. The van der Waals surface area contributed by atoms with E-state index in [0.717, 1.165) is 54.7 Å². The summed E-state index contributed by atoms with van der Waals surface area (Å²) in [5.41, 5.74) is 7.56. The molecule has 5 rings (SSSR count). The molecule has 2 heterocycles. The van der Waals surface area contributed by atoms with Crippen molar-refractivity contribution in [2.45, 2.75) is 51.1 Å². The summed E-state index contributed by atoms with van der Waals surface area (Å²) in [6.07, 6.45) is 11.6. The maximum absolute atomic E-state index is 13.2. The summed E-state index contributed by atoms with van der Waals surface area (Å²) in [7, 11) is 3.51. The van der Waals surface area contributed by atoms with Gasteiger partial charge in [0, 0.05) is 56.7 Å². The molecule has 2 aromatic carbocycles. The molecule has 1 saturated carbocycles. The molecule has 2 aliphatic heterocycles. The van der Waals surface area contributed by atoms with E-state index in [1.54, 1.807) is 12.0 Å². The molecule has 3 aliphatic rings. The predicted molar refractivity (Wildman–Crippen MR) is 153 cm³/mol. The standard InChI is InChI=1S/C30H40N6O2/c1-31-30(32-26-7-5-3-4-6-8-26)33-36-19-17-34(18-20-36)27-12-9-23(10-13-27)29(37)35-16-15-24-21-28(38-2)14-11-25(24)22-35/h9-16,21,26H,3-8,17-20,22H2,1-2H3,(H2,31,32,33). The zero-order chi connectivity index (χ0) is 26.3. The van der Waals surface area contributed by atoms with Gasteiger partial charge < -0.3 is 19.9 Å².